The second-order valence-corrected chi connectivity index (χ2v) is 6.17. The minimum absolute atomic E-state index is 0.196. The zero-order valence-electron chi connectivity index (χ0n) is 12.5. The van der Waals surface area contributed by atoms with Gasteiger partial charge in [0.15, 0.2) is 0 Å². The Morgan fingerprint density at radius 1 is 1.20 bits per heavy atom. The summed E-state index contributed by atoms with van der Waals surface area (Å²) in [6.45, 7) is 5.91. The fraction of sp³-hybridized carbons (Fsp3) is 0.647. The number of nitrogens with zero attached hydrogens (tertiary/aromatic N) is 1. The Balaban J connectivity index is 1.67. The summed E-state index contributed by atoms with van der Waals surface area (Å²) < 4.78 is 5.74. The molecule has 0 aromatic heterocycles. The van der Waals surface area contributed by atoms with E-state index in [4.69, 9.17) is 10.5 Å². The van der Waals surface area contributed by atoms with Gasteiger partial charge in [0.1, 0.15) is 0 Å². The van der Waals surface area contributed by atoms with Crippen molar-refractivity contribution in [3.8, 4) is 0 Å². The molecule has 2 aliphatic rings. The van der Waals surface area contributed by atoms with Crippen molar-refractivity contribution in [2.45, 2.75) is 44.2 Å². The van der Waals surface area contributed by atoms with Crippen LogP contribution in [0.2, 0.25) is 0 Å². The van der Waals surface area contributed by atoms with Crippen LogP contribution in [0.5, 0.6) is 0 Å². The van der Waals surface area contributed by atoms with Gasteiger partial charge in [0.05, 0.1) is 6.10 Å². The first-order chi connectivity index (χ1) is 9.77. The van der Waals surface area contributed by atoms with Crippen molar-refractivity contribution in [3.63, 3.8) is 0 Å². The quantitative estimate of drug-likeness (QED) is 0.912. The van der Waals surface area contributed by atoms with Gasteiger partial charge in [0.25, 0.3) is 0 Å². The molecule has 0 atom stereocenters. The molecule has 1 heterocycles. The van der Waals surface area contributed by atoms with Gasteiger partial charge in [0.2, 0.25) is 0 Å². The average molecular weight is 274 g/mol. The number of hydrogen-bond donors (Lipinski definition) is 1. The molecule has 20 heavy (non-hydrogen) atoms. The van der Waals surface area contributed by atoms with Crippen molar-refractivity contribution in [3.05, 3.63) is 35.4 Å². The second kappa shape index (κ2) is 5.84. The molecule has 0 radical (unpaired) electrons. The molecule has 3 heteroatoms. The van der Waals surface area contributed by atoms with Gasteiger partial charge in [0, 0.05) is 31.8 Å². The van der Waals surface area contributed by atoms with E-state index in [2.05, 4.69) is 36.1 Å². The SMILES string of the molecule is CCOC1CC(CN)(N2CCc3ccccc3CC2)C1. The topological polar surface area (TPSA) is 38.5 Å². The number of nitrogens with two attached hydrogens (primary N) is 1. The minimum Gasteiger partial charge on any atom is -0.378 e. The lowest BCUT2D eigenvalue weighted by molar-refractivity contribution is -0.0989. The summed E-state index contributed by atoms with van der Waals surface area (Å²) in [6.07, 6.45) is 4.93. The highest BCUT2D eigenvalue weighted by Gasteiger charge is 2.47. The zero-order valence-corrected chi connectivity index (χ0v) is 12.5. The predicted octanol–water partition coefficient (Wildman–Crippen LogP) is 1.98. The number of rotatable bonds is 4. The molecule has 3 rings (SSSR count). The molecule has 1 aromatic carbocycles. The highest BCUT2D eigenvalue weighted by Crippen LogP contribution is 2.40. The molecule has 3 nitrogen and oxygen atoms in total. The van der Waals surface area contributed by atoms with Crippen LogP contribution in [-0.4, -0.2) is 42.8 Å². The van der Waals surface area contributed by atoms with Crippen molar-refractivity contribution in [2.24, 2.45) is 5.73 Å². The van der Waals surface area contributed by atoms with Gasteiger partial charge in [-0.05, 0) is 43.7 Å². The number of hydrogen-bond acceptors (Lipinski definition) is 3. The van der Waals surface area contributed by atoms with Crippen LogP contribution in [0.15, 0.2) is 24.3 Å². The van der Waals surface area contributed by atoms with Crippen LogP contribution in [0.3, 0.4) is 0 Å². The third kappa shape index (κ3) is 2.50. The van der Waals surface area contributed by atoms with Crippen LogP contribution in [0.25, 0.3) is 0 Å². The summed E-state index contributed by atoms with van der Waals surface area (Å²) in [5.74, 6) is 0. The Bertz CT molecular complexity index is 427. The molecule has 0 bridgehead atoms. The van der Waals surface area contributed by atoms with Crippen LogP contribution in [0, 0.1) is 0 Å². The Labute approximate surface area is 122 Å². The normalized spacial score (nSPS) is 30.4. The van der Waals surface area contributed by atoms with E-state index in [9.17, 15) is 0 Å². The molecule has 2 N–H and O–H groups in total. The first kappa shape index (κ1) is 14.1. The number of fused-ring (bicyclic) bond motifs is 1. The van der Waals surface area contributed by atoms with E-state index in [1.54, 1.807) is 0 Å². The lowest BCUT2D eigenvalue weighted by Crippen LogP contribution is -2.64. The fourth-order valence-corrected chi connectivity index (χ4v) is 3.84. The van der Waals surface area contributed by atoms with Crippen LogP contribution in [-0.2, 0) is 17.6 Å². The maximum atomic E-state index is 6.12. The first-order valence-corrected chi connectivity index (χ1v) is 7.91. The molecule has 1 aliphatic heterocycles. The van der Waals surface area contributed by atoms with Crippen molar-refractivity contribution in [1.29, 1.82) is 0 Å². The monoisotopic (exact) mass is 274 g/mol. The lowest BCUT2D eigenvalue weighted by atomic mass is 9.72. The Kier molecular flexibility index (Phi) is 4.11. The molecule has 0 amide bonds. The molecular weight excluding hydrogens is 248 g/mol. The van der Waals surface area contributed by atoms with Gasteiger partial charge in [-0.15, -0.1) is 0 Å². The summed E-state index contributed by atoms with van der Waals surface area (Å²) in [5, 5.41) is 0. The second-order valence-electron chi connectivity index (χ2n) is 6.17. The third-order valence-electron chi connectivity index (χ3n) is 5.09. The van der Waals surface area contributed by atoms with Gasteiger partial charge in [-0.2, -0.15) is 0 Å². The van der Waals surface area contributed by atoms with E-state index in [1.807, 2.05) is 0 Å². The molecule has 110 valence electrons. The van der Waals surface area contributed by atoms with Crippen LogP contribution in [0.4, 0.5) is 0 Å². The van der Waals surface area contributed by atoms with Gasteiger partial charge < -0.3 is 10.5 Å². The highest BCUT2D eigenvalue weighted by molar-refractivity contribution is 5.29. The predicted molar refractivity (Wildman–Crippen MR) is 81.9 cm³/mol. The molecule has 0 spiro atoms. The minimum atomic E-state index is 0.196. The van der Waals surface area contributed by atoms with Crippen molar-refractivity contribution < 1.29 is 4.74 Å². The Hall–Kier alpha value is -0.900. The van der Waals surface area contributed by atoms with E-state index < -0.39 is 0 Å². The number of ether oxygens (including phenoxy) is 1. The van der Waals surface area contributed by atoms with Crippen LogP contribution in [0.1, 0.15) is 30.9 Å². The molecule has 0 saturated heterocycles. The lowest BCUT2D eigenvalue weighted by Gasteiger charge is -2.53. The molecule has 1 fully saturated rings. The van der Waals surface area contributed by atoms with Gasteiger partial charge in [-0.25, -0.2) is 0 Å². The van der Waals surface area contributed by atoms with Gasteiger partial charge in [-0.1, -0.05) is 24.3 Å². The molecule has 1 aromatic rings. The largest absolute Gasteiger partial charge is 0.378 e. The molecule has 0 unspecified atom stereocenters. The fourth-order valence-electron chi connectivity index (χ4n) is 3.84. The summed E-state index contributed by atoms with van der Waals surface area (Å²) >= 11 is 0. The van der Waals surface area contributed by atoms with Gasteiger partial charge in [-0.3, -0.25) is 4.90 Å². The zero-order chi connectivity index (χ0) is 14.0. The molecule has 1 saturated carbocycles. The average Bonchev–Trinajstić information content (AvgIpc) is 2.65. The Morgan fingerprint density at radius 3 is 2.30 bits per heavy atom. The molecule has 1 aliphatic carbocycles. The summed E-state index contributed by atoms with van der Waals surface area (Å²) in [6, 6.07) is 8.86. The summed E-state index contributed by atoms with van der Waals surface area (Å²) in [7, 11) is 0. The number of benzene rings is 1. The van der Waals surface area contributed by atoms with E-state index in [0.29, 0.717) is 6.10 Å². The van der Waals surface area contributed by atoms with Crippen molar-refractivity contribution >= 4 is 0 Å². The van der Waals surface area contributed by atoms with E-state index >= 15 is 0 Å². The van der Waals surface area contributed by atoms with Crippen molar-refractivity contribution in [2.75, 3.05) is 26.2 Å². The van der Waals surface area contributed by atoms with Crippen LogP contribution < -0.4 is 5.73 Å². The van der Waals surface area contributed by atoms with Crippen molar-refractivity contribution in [1.82, 2.24) is 4.90 Å². The summed E-state index contributed by atoms with van der Waals surface area (Å²) in [4.78, 5) is 2.63. The van der Waals surface area contributed by atoms with Crippen LogP contribution >= 0.6 is 0 Å². The van der Waals surface area contributed by atoms with E-state index in [-0.39, 0.29) is 5.54 Å². The smallest absolute Gasteiger partial charge is 0.0611 e. The van der Waals surface area contributed by atoms with Gasteiger partial charge >= 0.3 is 0 Å². The standard InChI is InChI=1S/C17H26N2O/c1-2-20-16-11-17(12-16,13-18)19-9-7-14-5-3-4-6-15(14)8-10-19/h3-6,16H,2,7-13,18H2,1H3. The van der Waals surface area contributed by atoms with E-state index in [1.165, 1.54) is 11.1 Å². The van der Waals surface area contributed by atoms with E-state index in [0.717, 1.165) is 51.9 Å². The maximum Gasteiger partial charge on any atom is 0.0611 e. The third-order valence-corrected chi connectivity index (χ3v) is 5.09. The first-order valence-electron chi connectivity index (χ1n) is 7.91. The Morgan fingerprint density at radius 2 is 1.80 bits per heavy atom. The summed E-state index contributed by atoms with van der Waals surface area (Å²) in [5.41, 5.74) is 9.35. The highest BCUT2D eigenvalue weighted by atomic mass is 16.5. The molecular formula is C17H26N2O. The maximum absolute atomic E-state index is 6.12.